The van der Waals surface area contributed by atoms with E-state index in [1.54, 1.807) is 60.2 Å². The molecule has 0 amide bonds. The van der Waals surface area contributed by atoms with Crippen molar-refractivity contribution >= 4 is 143 Å². The molecular formula is C59H61BBr2Cl3FN14O2S3. The maximum Gasteiger partial charge on any atom is 0.489 e. The third-order valence-corrected chi connectivity index (χ3v) is 15.7. The van der Waals surface area contributed by atoms with Gasteiger partial charge in [-0.1, -0.05) is 184 Å². The minimum atomic E-state index is -1.54. The molecule has 0 radical (unpaired) electrons. The van der Waals surface area contributed by atoms with Crippen LogP contribution in [0.4, 0.5) is 33.1 Å². The van der Waals surface area contributed by atoms with Crippen LogP contribution in [0.1, 0.15) is 62.3 Å². The minimum absolute atomic E-state index is 0.0634. The zero-order valence-corrected chi connectivity index (χ0v) is 55.5. The van der Waals surface area contributed by atoms with Crippen molar-refractivity contribution in [1.82, 2.24) is 56.2 Å². The number of benzene rings is 5. The van der Waals surface area contributed by atoms with Gasteiger partial charge in [0.25, 0.3) is 0 Å². The zero-order chi connectivity index (χ0) is 61.9. The van der Waals surface area contributed by atoms with Gasteiger partial charge in [-0.2, -0.15) is 14.8 Å². The van der Waals surface area contributed by atoms with Crippen LogP contribution >= 0.6 is 102 Å². The SMILES string of the molecule is CC(C)(C)Sc1ccc(-c2ccccc2-c2nn[nH]n2)cc1Nc1ccc(Cl)cn1.CC(C)(C)Sc1ccc(Br)cc1N.CC(C)(C)Sc1ccc(Br)cc1Nc1ccc(Cl)cn1.Fc1ccc(Cl)cn1.OB(O)c1ccccc1-c1nn[nH]n1. The van der Waals surface area contributed by atoms with E-state index < -0.39 is 13.1 Å². The zero-order valence-electron chi connectivity index (χ0n) is 47.6. The van der Waals surface area contributed by atoms with Crippen LogP contribution in [0.15, 0.2) is 182 Å². The fraction of sp³-hybridized carbons (Fsp3) is 0.203. The summed E-state index contributed by atoms with van der Waals surface area (Å²) in [7, 11) is -1.54. The lowest BCUT2D eigenvalue weighted by Gasteiger charge is -2.21. The van der Waals surface area contributed by atoms with Gasteiger partial charge in [0.15, 0.2) is 0 Å². The number of hydrogen-bond acceptors (Lipinski definition) is 17. The Morgan fingerprint density at radius 3 is 1.40 bits per heavy atom. The molecule has 0 saturated heterocycles. The summed E-state index contributed by atoms with van der Waals surface area (Å²) in [6.45, 7) is 19.7. The number of nitrogens with one attached hydrogen (secondary N) is 4. The molecular weight excluding hydrogens is 1330 g/mol. The van der Waals surface area contributed by atoms with Gasteiger partial charge in [-0.3, -0.25) is 0 Å². The molecule has 0 unspecified atom stereocenters. The van der Waals surface area contributed by atoms with E-state index in [1.165, 1.54) is 23.2 Å². The van der Waals surface area contributed by atoms with E-state index in [2.05, 4.69) is 210 Å². The van der Waals surface area contributed by atoms with E-state index in [9.17, 15) is 4.39 Å². The number of tetrazole rings is 2. The van der Waals surface area contributed by atoms with Crippen LogP contribution < -0.4 is 21.8 Å². The van der Waals surface area contributed by atoms with Crippen molar-refractivity contribution in [2.24, 2.45) is 0 Å². The summed E-state index contributed by atoms with van der Waals surface area (Å²) >= 11 is 29.5. The van der Waals surface area contributed by atoms with Crippen molar-refractivity contribution in [2.45, 2.75) is 91.2 Å². The first kappa shape index (κ1) is 68.0. The average molecular weight is 1390 g/mol. The number of pyridine rings is 3. The molecule has 0 fully saturated rings. The highest BCUT2D eigenvalue weighted by molar-refractivity contribution is 9.10. The molecule has 10 rings (SSSR count). The first-order valence-electron chi connectivity index (χ1n) is 25.8. The molecule has 16 nitrogen and oxygen atoms in total. The fourth-order valence-electron chi connectivity index (χ4n) is 7.12. The number of hydrogen-bond donors (Lipinski definition) is 7. The molecule has 0 spiro atoms. The summed E-state index contributed by atoms with van der Waals surface area (Å²) < 4.78 is 14.4. The molecule has 5 aromatic carbocycles. The Balaban J connectivity index is 0.000000182. The van der Waals surface area contributed by atoms with E-state index in [1.807, 2.05) is 66.4 Å². The highest BCUT2D eigenvalue weighted by Gasteiger charge is 2.21. The normalized spacial score (nSPS) is 11.1. The van der Waals surface area contributed by atoms with E-state index in [4.69, 9.17) is 50.6 Å². The van der Waals surface area contributed by atoms with Crippen molar-refractivity contribution in [1.29, 1.82) is 0 Å². The van der Waals surface area contributed by atoms with Crippen LogP contribution in [0.3, 0.4) is 0 Å². The second-order valence-electron chi connectivity index (χ2n) is 20.9. The van der Waals surface area contributed by atoms with E-state index in [0.717, 1.165) is 64.1 Å². The molecule has 26 heteroatoms. The Labute approximate surface area is 539 Å². The largest absolute Gasteiger partial charge is 0.489 e. The van der Waals surface area contributed by atoms with Crippen molar-refractivity contribution in [3.05, 3.63) is 188 Å². The number of aromatic amines is 2. The first-order chi connectivity index (χ1) is 40.2. The van der Waals surface area contributed by atoms with Gasteiger partial charge in [0.2, 0.25) is 17.6 Å². The molecule has 0 aliphatic heterocycles. The van der Waals surface area contributed by atoms with Crippen molar-refractivity contribution < 1.29 is 14.4 Å². The Kier molecular flexibility index (Phi) is 25.6. The predicted octanol–water partition coefficient (Wildman–Crippen LogP) is 16.7. The number of thioether (sulfide) groups is 3. The molecule has 0 aliphatic rings. The molecule has 0 atom stereocenters. The first-order valence-corrected chi connectivity index (χ1v) is 31.0. The number of rotatable bonds is 11. The standard InChI is InChI=1S/C22H21ClN6S.C15H16BrClN2S.C10H14BrNS.C7H7BN4O2.C5H3ClFN/c1-22(2,3)30-19-10-8-14(12-18(19)25-20-11-9-15(23)13-24-20)16-6-4-5-7-17(16)21-26-28-29-27-21;1-15(2,3)20-13-6-4-10(16)8-12(13)19-14-7-5-11(17)9-18-14;1-10(2,3)13-9-5-4-7(11)6-8(9)12;13-8(14)6-4-2-1-3-5(6)7-9-11-12-10-7;6-4-1-2-5(7)8-3-4/h4-13H,1-3H3,(H,24,25)(H,26,27,28,29);4-9H,1-3H3,(H,18,19);4-6H,12H2,1-3H3;1-4,13-14H,(H,9,10,11,12);1-3H. The summed E-state index contributed by atoms with van der Waals surface area (Å²) in [5, 5.41) is 54.4. The molecule has 8 N–H and O–H groups in total. The predicted molar refractivity (Wildman–Crippen MR) is 358 cm³/mol. The Morgan fingerprint density at radius 1 is 0.518 bits per heavy atom. The Bertz CT molecular complexity index is 3660. The Hall–Kier alpha value is -6.12. The van der Waals surface area contributed by atoms with Gasteiger partial charge in [-0.15, -0.1) is 55.7 Å². The van der Waals surface area contributed by atoms with Crippen LogP contribution in [-0.2, 0) is 0 Å². The van der Waals surface area contributed by atoms with Crippen molar-refractivity contribution in [2.75, 3.05) is 16.4 Å². The summed E-state index contributed by atoms with van der Waals surface area (Å²) in [4.78, 5) is 15.4. The lowest BCUT2D eigenvalue weighted by Crippen LogP contribution is -2.31. The molecule has 0 aliphatic carbocycles. The van der Waals surface area contributed by atoms with Crippen LogP contribution in [0.25, 0.3) is 33.9 Å². The van der Waals surface area contributed by atoms with Crippen molar-refractivity contribution in [3.63, 3.8) is 0 Å². The van der Waals surface area contributed by atoms with E-state index in [0.29, 0.717) is 37.7 Å². The Morgan fingerprint density at radius 2 is 0.953 bits per heavy atom. The number of anilines is 5. The monoisotopic (exact) mass is 1390 g/mol. The van der Waals surface area contributed by atoms with Crippen LogP contribution in [0.2, 0.25) is 15.1 Å². The summed E-state index contributed by atoms with van der Waals surface area (Å²) in [5.74, 6) is 1.91. The topological polar surface area (TPSA) is 238 Å². The van der Waals surface area contributed by atoms with Gasteiger partial charge in [0.1, 0.15) is 11.6 Å². The molecule has 0 saturated carbocycles. The second-order valence-corrected chi connectivity index (χ2v) is 29.7. The summed E-state index contributed by atoms with van der Waals surface area (Å²) in [6.07, 6.45) is 4.53. The number of aromatic nitrogens is 11. The minimum Gasteiger partial charge on any atom is -0.423 e. The van der Waals surface area contributed by atoms with E-state index in [-0.39, 0.29) is 14.2 Å². The molecule has 85 heavy (non-hydrogen) atoms. The second kappa shape index (κ2) is 32.0. The van der Waals surface area contributed by atoms with Gasteiger partial charge in [-0.05, 0) is 112 Å². The highest BCUT2D eigenvalue weighted by Crippen LogP contribution is 2.42. The van der Waals surface area contributed by atoms with Gasteiger partial charge < -0.3 is 26.4 Å². The highest BCUT2D eigenvalue weighted by atomic mass is 79.9. The maximum atomic E-state index is 11.9. The van der Waals surface area contributed by atoms with Gasteiger partial charge in [-0.25, -0.2) is 15.0 Å². The fourth-order valence-corrected chi connectivity index (χ4v) is 11.2. The summed E-state index contributed by atoms with van der Waals surface area (Å²) in [5.41, 5.74) is 12.6. The van der Waals surface area contributed by atoms with Gasteiger partial charge in [0.05, 0.1) is 26.4 Å². The molecule has 0 bridgehead atoms. The molecule has 5 aromatic heterocycles. The van der Waals surface area contributed by atoms with Crippen LogP contribution in [-0.4, -0.2) is 87.6 Å². The maximum absolute atomic E-state index is 11.9. The molecule has 10 aromatic rings. The lowest BCUT2D eigenvalue weighted by molar-refractivity contribution is 0.426. The average Bonchev–Trinajstić information content (AvgIpc) is 4.38. The molecule has 5 heterocycles. The lowest BCUT2D eigenvalue weighted by atomic mass is 9.77. The number of nitrogens with two attached hydrogens (primary N) is 1. The van der Waals surface area contributed by atoms with Gasteiger partial charge >= 0.3 is 7.12 Å². The smallest absolute Gasteiger partial charge is 0.423 e. The summed E-state index contributed by atoms with van der Waals surface area (Å²) in [6, 6.07) is 43.4. The third-order valence-electron chi connectivity index (χ3n) is 10.5. The number of halogens is 6. The quantitative estimate of drug-likeness (QED) is 0.0276. The third kappa shape index (κ3) is 23.6. The van der Waals surface area contributed by atoms with E-state index >= 15 is 0 Å². The van der Waals surface area contributed by atoms with Crippen LogP contribution in [0, 0.1) is 5.95 Å². The van der Waals surface area contributed by atoms with Gasteiger partial charge in [0, 0.05) is 73.3 Å². The molecule has 442 valence electrons. The van der Waals surface area contributed by atoms with Crippen molar-refractivity contribution in [3.8, 4) is 33.9 Å². The van der Waals surface area contributed by atoms with Crippen LogP contribution in [0.5, 0.6) is 0 Å². The number of H-pyrrole nitrogens is 2. The number of nitrogens with zero attached hydrogens (tertiary/aromatic N) is 9. The number of nitrogen functional groups attached to an aromatic ring is 1.